The van der Waals surface area contributed by atoms with E-state index in [4.69, 9.17) is 0 Å². The number of aryl methyl sites for hydroxylation is 1. The van der Waals surface area contributed by atoms with Crippen LogP contribution in [0.4, 0.5) is 5.69 Å². The molecule has 1 aromatic carbocycles. The number of hydrogen-bond acceptors (Lipinski definition) is 5. The Hall–Kier alpha value is -1.45. The second-order valence-corrected chi connectivity index (χ2v) is 9.92. The van der Waals surface area contributed by atoms with Gasteiger partial charge in [-0.25, -0.2) is 8.42 Å². The number of anilines is 1. The lowest BCUT2D eigenvalue weighted by atomic mass is 10.2. The van der Waals surface area contributed by atoms with Gasteiger partial charge in [0, 0.05) is 29.3 Å². The van der Waals surface area contributed by atoms with Crippen LogP contribution in [0.3, 0.4) is 0 Å². The molecule has 1 atom stereocenters. The molecule has 1 heterocycles. The first-order valence-electron chi connectivity index (χ1n) is 8.32. The summed E-state index contributed by atoms with van der Waals surface area (Å²) in [5, 5.41) is 2.64. The van der Waals surface area contributed by atoms with Crippen LogP contribution in [-0.2, 0) is 19.4 Å². The van der Waals surface area contributed by atoms with E-state index in [2.05, 4.69) is 21.2 Å². The zero-order chi connectivity index (χ0) is 19.5. The second-order valence-electron chi connectivity index (χ2n) is 6.77. The van der Waals surface area contributed by atoms with Crippen molar-refractivity contribution in [3.8, 4) is 0 Å². The summed E-state index contributed by atoms with van der Waals surface area (Å²) in [5.74, 6) is -1.48. The monoisotopic (exact) mass is 445 g/mol. The standard InChI is InChI=1S/C17H24BrN3O4S/c1-12-10-13(18)4-5-15(12)19-16(22)17(23)21(8-7-20(2)3)14-6-9-26(24,25)11-14/h4-5,10,14H,6-9,11H2,1-3H3,(H,19,22). The van der Waals surface area contributed by atoms with Gasteiger partial charge in [-0.3, -0.25) is 9.59 Å². The van der Waals surface area contributed by atoms with Gasteiger partial charge in [0.25, 0.3) is 0 Å². The third-order valence-electron chi connectivity index (χ3n) is 4.33. The minimum atomic E-state index is -3.15. The van der Waals surface area contributed by atoms with Crippen LogP contribution in [0.25, 0.3) is 0 Å². The van der Waals surface area contributed by atoms with Crippen molar-refractivity contribution in [3.63, 3.8) is 0 Å². The van der Waals surface area contributed by atoms with Crippen LogP contribution in [0.5, 0.6) is 0 Å². The summed E-state index contributed by atoms with van der Waals surface area (Å²) in [7, 11) is 0.568. The van der Waals surface area contributed by atoms with E-state index in [-0.39, 0.29) is 11.5 Å². The van der Waals surface area contributed by atoms with Gasteiger partial charge in [0.15, 0.2) is 9.84 Å². The van der Waals surface area contributed by atoms with Crippen LogP contribution in [-0.4, -0.2) is 74.8 Å². The molecule has 144 valence electrons. The Labute approximate surface area is 162 Å². The molecule has 1 aliphatic heterocycles. The van der Waals surface area contributed by atoms with Gasteiger partial charge in [-0.2, -0.15) is 0 Å². The smallest absolute Gasteiger partial charge is 0.313 e. The maximum absolute atomic E-state index is 12.7. The van der Waals surface area contributed by atoms with Crippen molar-refractivity contribution in [1.29, 1.82) is 0 Å². The summed E-state index contributed by atoms with van der Waals surface area (Å²) in [6.07, 6.45) is 0.367. The van der Waals surface area contributed by atoms with Crippen molar-refractivity contribution in [3.05, 3.63) is 28.2 Å². The fourth-order valence-corrected chi connectivity index (χ4v) is 5.06. The largest absolute Gasteiger partial charge is 0.329 e. The fraction of sp³-hybridized carbons (Fsp3) is 0.529. The quantitative estimate of drug-likeness (QED) is 0.689. The SMILES string of the molecule is Cc1cc(Br)ccc1NC(=O)C(=O)N(CCN(C)C)C1CCS(=O)(=O)C1. The summed E-state index contributed by atoms with van der Waals surface area (Å²) in [5.41, 5.74) is 1.38. The lowest BCUT2D eigenvalue weighted by Gasteiger charge is -2.29. The van der Waals surface area contributed by atoms with Crippen molar-refractivity contribution in [2.45, 2.75) is 19.4 Å². The number of likely N-dealkylation sites (N-methyl/N-ethyl adjacent to an activating group) is 1. The fourth-order valence-electron chi connectivity index (χ4n) is 2.85. The van der Waals surface area contributed by atoms with E-state index in [1.54, 1.807) is 12.1 Å². The molecule has 0 aromatic heterocycles. The lowest BCUT2D eigenvalue weighted by Crippen LogP contribution is -2.49. The second kappa shape index (κ2) is 8.49. The molecule has 0 spiro atoms. The first kappa shape index (κ1) is 20.9. The molecule has 0 radical (unpaired) electrons. The van der Waals surface area contributed by atoms with E-state index in [9.17, 15) is 18.0 Å². The van der Waals surface area contributed by atoms with Crippen molar-refractivity contribution >= 4 is 43.3 Å². The van der Waals surface area contributed by atoms with Crippen LogP contribution >= 0.6 is 15.9 Å². The molecule has 9 heteroatoms. The number of halogens is 1. The van der Waals surface area contributed by atoms with E-state index in [1.165, 1.54) is 4.90 Å². The summed E-state index contributed by atoms with van der Waals surface area (Å²) in [4.78, 5) is 28.5. The molecule has 0 aliphatic carbocycles. The maximum Gasteiger partial charge on any atom is 0.313 e. The minimum absolute atomic E-state index is 0.0524. The van der Waals surface area contributed by atoms with Gasteiger partial charge in [0.05, 0.1) is 11.5 Å². The van der Waals surface area contributed by atoms with Crippen LogP contribution in [0.2, 0.25) is 0 Å². The Morgan fingerprint density at radius 1 is 1.27 bits per heavy atom. The highest BCUT2D eigenvalue weighted by molar-refractivity contribution is 9.10. The maximum atomic E-state index is 12.7. The zero-order valence-electron chi connectivity index (χ0n) is 15.2. The van der Waals surface area contributed by atoms with Crippen LogP contribution in [0.15, 0.2) is 22.7 Å². The van der Waals surface area contributed by atoms with Crippen molar-refractivity contribution < 1.29 is 18.0 Å². The first-order chi connectivity index (χ1) is 12.1. The molecular weight excluding hydrogens is 422 g/mol. The number of benzene rings is 1. The highest BCUT2D eigenvalue weighted by atomic mass is 79.9. The summed E-state index contributed by atoms with van der Waals surface area (Å²) in [6.45, 7) is 2.68. The van der Waals surface area contributed by atoms with E-state index in [0.717, 1.165) is 10.0 Å². The third-order valence-corrected chi connectivity index (χ3v) is 6.57. The van der Waals surface area contributed by atoms with E-state index >= 15 is 0 Å². The Balaban J connectivity index is 2.15. The molecule has 1 aromatic rings. The van der Waals surface area contributed by atoms with Crippen molar-refractivity contribution in [2.75, 3.05) is 44.0 Å². The van der Waals surface area contributed by atoms with Gasteiger partial charge in [0.1, 0.15) is 0 Å². The van der Waals surface area contributed by atoms with Gasteiger partial charge >= 0.3 is 11.8 Å². The molecule has 0 saturated carbocycles. The van der Waals surface area contributed by atoms with Crippen LogP contribution in [0, 0.1) is 6.92 Å². The zero-order valence-corrected chi connectivity index (χ0v) is 17.6. The molecule has 1 unspecified atom stereocenters. The van der Waals surface area contributed by atoms with Crippen molar-refractivity contribution in [2.24, 2.45) is 0 Å². The van der Waals surface area contributed by atoms with E-state index in [1.807, 2.05) is 32.0 Å². The highest BCUT2D eigenvalue weighted by Crippen LogP contribution is 2.21. The number of nitrogens with one attached hydrogen (secondary N) is 1. The molecular formula is C17H24BrN3O4S. The summed E-state index contributed by atoms with van der Waals surface area (Å²) in [6, 6.07) is 4.88. The molecule has 2 amide bonds. The first-order valence-corrected chi connectivity index (χ1v) is 10.9. The van der Waals surface area contributed by atoms with Gasteiger partial charge in [-0.15, -0.1) is 0 Å². The number of carbonyl (C=O) groups excluding carboxylic acids is 2. The van der Waals surface area contributed by atoms with Gasteiger partial charge < -0.3 is 15.1 Å². The highest BCUT2D eigenvalue weighted by Gasteiger charge is 2.36. The van der Waals surface area contributed by atoms with Crippen molar-refractivity contribution in [1.82, 2.24) is 9.80 Å². The van der Waals surface area contributed by atoms with Gasteiger partial charge in [0.2, 0.25) is 0 Å². The molecule has 0 bridgehead atoms. The minimum Gasteiger partial charge on any atom is -0.329 e. The lowest BCUT2D eigenvalue weighted by molar-refractivity contribution is -0.144. The molecule has 2 rings (SSSR count). The van der Waals surface area contributed by atoms with Crippen LogP contribution in [0.1, 0.15) is 12.0 Å². The average Bonchev–Trinajstić information content (AvgIpc) is 2.89. The normalized spacial score (nSPS) is 18.7. The number of rotatable bonds is 5. The number of carbonyl (C=O) groups is 2. The Morgan fingerprint density at radius 2 is 1.96 bits per heavy atom. The van der Waals surface area contributed by atoms with Gasteiger partial charge in [-0.05, 0) is 51.2 Å². The molecule has 1 aliphatic rings. The molecule has 1 fully saturated rings. The third kappa shape index (κ3) is 5.52. The number of hydrogen-bond donors (Lipinski definition) is 1. The molecule has 1 saturated heterocycles. The number of nitrogens with zero attached hydrogens (tertiary/aromatic N) is 2. The average molecular weight is 446 g/mol. The predicted molar refractivity (Wildman–Crippen MR) is 105 cm³/mol. The molecule has 7 nitrogen and oxygen atoms in total. The van der Waals surface area contributed by atoms with Crippen LogP contribution < -0.4 is 5.32 Å². The van der Waals surface area contributed by atoms with Gasteiger partial charge in [-0.1, -0.05) is 15.9 Å². The molecule has 26 heavy (non-hydrogen) atoms. The van der Waals surface area contributed by atoms with E-state index in [0.29, 0.717) is 25.2 Å². The number of sulfone groups is 1. The topological polar surface area (TPSA) is 86.8 Å². The summed E-state index contributed by atoms with van der Waals surface area (Å²) >= 11 is 3.35. The molecule has 1 N–H and O–H groups in total. The Kier molecular flexibility index (Phi) is 6.81. The Morgan fingerprint density at radius 3 is 2.50 bits per heavy atom. The predicted octanol–water partition coefficient (Wildman–Crippen LogP) is 1.27. The number of amides is 2. The van der Waals surface area contributed by atoms with E-state index < -0.39 is 27.7 Å². The summed E-state index contributed by atoms with van der Waals surface area (Å²) < 4.78 is 24.5. The Bertz CT molecular complexity index is 795.